The molecule has 1 saturated carbocycles. The van der Waals surface area contributed by atoms with E-state index in [1.165, 1.54) is 12.8 Å². The number of furan rings is 1. The van der Waals surface area contributed by atoms with Crippen molar-refractivity contribution in [2.75, 3.05) is 17.6 Å². The number of hydrogen-bond donors (Lipinski definition) is 3. The van der Waals surface area contributed by atoms with Crippen LogP contribution in [0.1, 0.15) is 43.1 Å². The Hall–Kier alpha value is -3.46. The van der Waals surface area contributed by atoms with Crippen molar-refractivity contribution in [3.8, 4) is 11.5 Å². The van der Waals surface area contributed by atoms with Crippen molar-refractivity contribution < 1.29 is 4.42 Å². The van der Waals surface area contributed by atoms with Gasteiger partial charge in [0, 0.05) is 25.2 Å². The molecular weight excluding hydrogens is 392 g/mol. The molecule has 0 bridgehead atoms. The van der Waals surface area contributed by atoms with E-state index < -0.39 is 0 Å². The summed E-state index contributed by atoms with van der Waals surface area (Å²) in [6, 6.07) is 8.08. The zero-order valence-electron chi connectivity index (χ0n) is 17.3. The van der Waals surface area contributed by atoms with Gasteiger partial charge in [0.1, 0.15) is 11.5 Å². The van der Waals surface area contributed by atoms with Crippen LogP contribution in [0.4, 0.5) is 11.8 Å². The fraction of sp³-hybridized carbons (Fsp3) is 0.364. The van der Waals surface area contributed by atoms with Gasteiger partial charge in [0.2, 0.25) is 5.95 Å². The maximum atomic E-state index is 6.07. The third-order valence-electron chi connectivity index (χ3n) is 5.75. The Morgan fingerprint density at radius 3 is 2.71 bits per heavy atom. The van der Waals surface area contributed by atoms with E-state index in [0.29, 0.717) is 31.4 Å². The summed E-state index contributed by atoms with van der Waals surface area (Å²) in [4.78, 5) is 18.3. The number of pyridine rings is 1. The van der Waals surface area contributed by atoms with Gasteiger partial charge < -0.3 is 25.8 Å². The lowest BCUT2D eigenvalue weighted by atomic mass is 10.2. The minimum atomic E-state index is 0.236. The van der Waals surface area contributed by atoms with Crippen LogP contribution in [0.2, 0.25) is 0 Å². The third-order valence-corrected chi connectivity index (χ3v) is 5.75. The fourth-order valence-corrected chi connectivity index (χ4v) is 4.30. The van der Waals surface area contributed by atoms with E-state index in [1.807, 2.05) is 30.5 Å². The highest BCUT2D eigenvalue weighted by molar-refractivity contribution is 5.85. The van der Waals surface area contributed by atoms with Gasteiger partial charge in [-0.3, -0.25) is 4.98 Å². The minimum Gasteiger partial charge on any atom is -0.463 e. The molecule has 1 aliphatic carbocycles. The van der Waals surface area contributed by atoms with E-state index in [0.717, 1.165) is 46.8 Å². The summed E-state index contributed by atoms with van der Waals surface area (Å²) in [5.41, 5.74) is 15.3. The second kappa shape index (κ2) is 8.35. The van der Waals surface area contributed by atoms with Gasteiger partial charge in [0.05, 0.1) is 6.26 Å². The maximum absolute atomic E-state index is 6.07. The van der Waals surface area contributed by atoms with Crippen molar-refractivity contribution >= 4 is 22.9 Å². The maximum Gasteiger partial charge on any atom is 0.224 e. The molecule has 4 heterocycles. The third kappa shape index (κ3) is 3.84. The van der Waals surface area contributed by atoms with Gasteiger partial charge in [-0.05, 0) is 43.1 Å². The molecule has 160 valence electrons. The van der Waals surface area contributed by atoms with Gasteiger partial charge in [-0.2, -0.15) is 9.97 Å². The van der Waals surface area contributed by atoms with Crippen LogP contribution >= 0.6 is 0 Å². The Labute approximate surface area is 179 Å². The SMILES string of the molecule is NCCc1nc2c(NCc3ccc(-c4ccco4)nc3)nc(N)nc2n1C1CCCC1. The molecule has 5 N–H and O–H groups in total. The largest absolute Gasteiger partial charge is 0.463 e. The Kier molecular flexibility index (Phi) is 5.25. The first-order valence-corrected chi connectivity index (χ1v) is 10.7. The summed E-state index contributed by atoms with van der Waals surface area (Å²) >= 11 is 0. The van der Waals surface area contributed by atoms with Crippen LogP contribution in [0.5, 0.6) is 0 Å². The summed E-state index contributed by atoms with van der Waals surface area (Å²) in [6.07, 6.45) is 8.86. The highest BCUT2D eigenvalue weighted by Gasteiger charge is 2.25. The van der Waals surface area contributed by atoms with Gasteiger partial charge in [-0.25, -0.2) is 4.98 Å². The van der Waals surface area contributed by atoms with E-state index in [1.54, 1.807) is 6.26 Å². The number of fused-ring (bicyclic) bond motifs is 1. The molecule has 0 saturated heterocycles. The molecule has 1 aliphatic rings. The summed E-state index contributed by atoms with van der Waals surface area (Å²) in [5.74, 6) is 2.57. The fourth-order valence-electron chi connectivity index (χ4n) is 4.30. The number of anilines is 2. The summed E-state index contributed by atoms with van der Waals surface area (Å²) in [5, 5.41) is 3.37. The second-order valence-corrected chi connectivity index (χ2v) is 7.86. The number of aromatic nitrogens is 5. The van der Waals surface area contributed by atoms with Gasteiger partial charge >= 0.3 is 0 Å². The number of hydrogen-bond acceptors (Lipinski definition) is 8. The van der Waals surface area contributed by atoms with Crippen LogP contribution in [0.15, 0.2) is 41.1 Å². The number of nitrogens with two attached hydrogens (primary N) is 2. The average molecular weight is 419 g/mol. The van der Waals surface area contributed by atoms with E-state index in [-0.39, 0.29) is 5.95 Å². The van der Waals surface area contributed by atoms with Gasteiger partial charge in [-0.15, -0.1) is 0 Å². The molecule has 0 amide bonds. The molecule has 0 aromatic carbocycles. The summed E-state index contributed by atoms with van der Waals surface area (Å²) in [7, 11) is 0. The van der Waals surface area contributed by atoms with Crippen LogP contribution in [-0.2, 0) is 13.0 Å². The Morgan fingerprint density at radius 2 is 2.00 bits per heavy atom. The summed E-state index contributed by atoms with van der Waals surface area (Å²) < 4.78 is 7.63. The van der Waals surface area contributed by atoms with Crippen LogP contribution in [-0.4, -0.2) is 31.0 Å². The van der Waals surface area contributed by atoms with E-state index >= 15 is 0 Å². The molecule has 9 nitrogen and oxygen atoms in total. The zero-order valence-corrected chi connectivity index (χ0v) is 17.3. The molecule has 0 spiro atoms. The predicted molar refractivity (Wildman–Crippen MR) is 119 cm³/mol. The Bertz CT molecular complexity index is 1160. The zero-order chi connectivity index (χ0) is 21.2. The molecule has 4 aromatic heterocycles. The standard InChI is InChI=1S/C22H26N8O/c23-10-9-18-27-19-20(28-22(24)29-21(19)30(18)15-4-1-2-5-15)26-13-14-7-8-16(25-12-14)17-6-3-11-31-17/h3,6-8,11-12,15H,1-2,4-5,9-10,13,23H2,(H3,24,26,28,29). The number of imidazole rings is 1. The minimum absolute atomic E-state index is 0.236. The number of nitrogens with one attached hydrogen (secondary N) is 1. The van der Waals surface area contributed by atoms with Crippen molar-refractivity contribution in [2.24, 2.45) is 5.73 Å². The smallest absolute Gasteiger partial charge is 0.224 e. The van der Waals surface area contributed by atoms with Gasteiger partial charge in [0.25, 0.3) is 0 Å². The van der Waals surface area contributed by atoms with E-state index in [2.05, 4.69) is 24.8 Å². The lowest BCUT2D eigenvalue weighted by molar-refractivity contribution is 0.507. The molecule has 5 rings (SSSR count). The van der Waals surface area contributed by atoms with Gasteiger partial charge in [0.15, 0.2) is 22.7 Å². The van der Waals surface area contributed by atoms with Crippen molar-refractivity contribution in [1.82, 2.24) is 24.5 Å². The van der Waals surface area contributed by atoms with Gasteiger partial charge in [-0.1, -0.05) is 18.9 Å². The first-order chi connectivity index (χ1) is 15.2. The van der Waals surface area contributed by atoms with Crippen LogP contribution in [0.25, 0.3) is 22.6 Å². The highest BCUT2D eigenvalue weighted by atomic mass is 16.3. The highest BCUT2D eigenvalue weighted by Crippen LogP contribution is 2.34. The first kappa shape index (κ1) is 19.5. The number of nitrogen functional groups attached to an aromatic ring is 1. The monoisotopic (exact) mass is 418 g/mol. The molecular formula is C22H26N8O. The van der Waals surface area contributed by atoms with Crippen molar-refractivity contribution in [1.29, 1.82) is 0 Å². The lowest BCUT2D eigenvalue weighted by Crippen LogP contribution is -2.14. The van der Waals surface area contributed by atoms with E-state index in [4.69, 9.17) is 20.9 Å². The lowest BCUT2D eigenvalue weighted by Gasteiger charge is -2.15. The number of rotatable bonds is 7. The topological polar surface area (TPSA) is 134 Å². The Balaban J connectivity index is 1.43. The average Bonchev–Trinajstić information content (AvgIpc) is 3.53. The molecule has 9 heteroatoms. The molecule has 4 aromatic rings. The van der Waals surface area contributed by atoms with Crippen LogP contribution < -0.4 is 16.8 Å². The van der Waals surface area contributed by atoms with Crippen LogP contribution in [0.3, 0.4) is 0 Å². The number of nitrogens with zero attached hydrogens (tertiary/aromatic N) is 5. The van der Waals surface area contributed by atoms with E-state index in [9.17, 15) is 0 Å². The molecule has 0 unspecified atom stereocenters. The Morgan fingerprint density at radius 1 is 1.13 bits per heavy atom. The molecule has 31 heavy (non-hydrogen) atoms. The first-order valence-electron chi connectivity index (χ1n) is 10.7. The predicted octanol–water partition coefficient (Wildman–Crippen LogP) is 3.29. The molecule has 0 radical (unpaired) electrons. The van der Waals surface area contributed by atoms with Crippen molar-refractivity contribution in [2.45, 2.75) is 44.7 Å². The summed E-state index contributed by atoms with van der Waals surface area (Å²) in [6.45, 7) is 1.08. The second-order valence-electron chi connectivity index (χ2n) is 7.86. The molecule has 0 atom stereocenters. The van der Waals surface area contributed by atoms with Crippen LogP contribution in [0, 0.1) is 0 Å². The van der Waals surface area contributed by atoms with Crippen molar-refractivity contribution in [3.63, 3.8) is 0 Å². The normalized spacial score (nSPS) is 14.5. The molecule has 0 aliphatic heterocycles. The van der Waals surface area contributed by atoms with Crippen molar-refractivity contribution in [3.05, 3.63) is 48.1 Å². The quantitative estimate of drug-likeness (QED) is 0.416. The molecule has 1 fully saturated rings.